The van der Waals surface area contributed by atoms with Gasteiger partial charge < -0.3 is 15.0 Å². The Bertz CT molecular complexity index is 1660. The third-order valence-corrected chi connectivity index (χ3v) is 5.87. The van der Waals surface area contributed by atoms with E-state index < -0.39 is 23.9 Å². The van der Waals surface area contributed by atoms with Crippen LogP contribution in [0.3, 0.4) is 0 Å². The fraction of sp³-hybridized carbons (Fsp3) is 0.111. The number of aromatic amines is 1. The Labute approximate surface area is 209 Å². The van der Waals surface area contributed by atoms with E-state index in [-0.39, 0.29) is 34.0 Å². The van der Waals surface area contributed by atoms with E-state index in [0.717, 1.165) is 4.90 Å². The molecule has 184 valence electrons. The number of fused-ring (bicyclic) bond motifs is 2. The van der Waals surface area contributed by atoms with Gasteiger partial charge in [-0.15, -0.1) is 0 Å². The third-order valence-electron chi connectivity index (χ3n) is 5.87. The molecule has 0 fully saturated rings. The molecule has 0 saturated carbocycles. The van der Waals surface area contributed by atoms with Gasteiger partial charge in [0.15, 0.2) is 11.9 Å². The van der Waals surface area contributed by atoms with Gasteiger partial charge in [0.2, 0.25) is 5.91 Å². The molecule has 10 nitrogen and oxygen atoms in total. The van der Waals surface area contributed by atoms with Crippen molar-refractivity contribution < 1.29 is 23.9 Å². The predicted octanol–water partition coefficient (Wildman–Crippen LogP) is 3.60. The molecule has 1 aromatic heterocycles. The number of nitrogens with one attached hydrogen (secondary N) is 2. The highest BCUT2D eigenvalue weighted by molar-refractivity contribution is 6.34. The fourth-order valence-electron chi connectivity index (χ4n) is 4.08. The van der Waals surface area contributed by atoms with Crippen LogP contribution in [0.5, 0.6) is 0 Å². The highest BCUT2D eigenvalue weighted by Gasteiger charge is 2.37. The Morgan fingerprint density at radius 1 is 0.946 bits per heavy atom. The standard InChI is InChI=1S/C27H20N4O6/c1-14(23-29-22-6-4-3-5-20(22)24(33)30-23)37-27(36)16-7-12-19-21(13-16)26(35)31(25(19)34)18-10-8-17(9-11-18)28-15(2)32/h3-14H,1-2H3,(H,28,32)(H,29,30,33)/t14-/m0/s1. The van der Waals surface area contributed by atoms with Crippen molar-refractivity contribution in [3.8, 4) is 0 Å². The lowest BCUT2D eigenvalue weighted by Crippen LogP contribution is -2.29. The average molecular weight is 496 g/mol. The second kappa shape index (κ2) is 9.15. The van der Waals surface area contributed by atoms with Crippen LogP contribution in [0.2, 0.25) is 0 Å². The molecule has 4 aromatic rings. The topological polar surface area (TPSA) is 139 Å². The number of para-hydroxylation sites is 1. The summed E-state index contributed by atoms with van der Waals surface area (Å²) in [6, 6.07) is 17.2. The predicted molar refractivity (Wildman–Crippen MR) is 135 cm³/mol. The summed E-state index contributed by atoms with van der Waals surface area (Å²) in [5, 5.41) is 3.04. The van der Waals surface area contributed by atoms with Crippen molar-refractivity contribution in [3.05, 3.63) is 99.6 Å². The number of carbonyl (C=O) groups is 4. The normalized spacial score (nSPS) is 13.4. The van der Waals surface area contributed by atoms with E-state index >= 15 is 0 Å². The summed E-state index contributed by atoms with van der Waals surface area (Å²) in [6.07, 6.45) is -0.881. The minimum Gasteiger partial charge on any atom is -0.451 e. The maximum Gasteiger partial charge on any atom is 0.338 e. The molecular formula is C27H20N4O6. The number of amides is 3. The fourth-order valence-corrected chi connectivity index (χ4v) is 4.08. The Balaban J connectivity index is 1.36. The largest absolute Gasteiger partial charge is 0.451 e. The number of H-pyrrole nitrogens is 1. The van der Waals surface area contributed by atoms with Gasteiger partial charge in [0.25, 0.3) is 17.4 Å². The molecule has 1 aliphatic heterocycles. The van der Waals surface area contributed by atoms with Crippen LogP contribution in [-0.4, -0.2) is 33.7 Å². The molecule has 0 bridgehead atoms. The molecule has 3 aromatic carbocycles. The highest BCUT2D eigenvalue weighted by atomic mass is 16.5. The van der Waals surface area contributed by atoms with Gasteiger partial charge in [-0.2, -0.15) is 0 Å². The SMILES string of the molecule is CC(=O)Nc1ccc(N2C(=O)c3ccc(C(=O)O[C@@H](C)c4nc5ccccc5c(=O)[nH]4)cc3C2=O)cc1. The number of carbonyl (C=O) groups excluding carboxylic acids is 4. The first-order valence-corrected chi connectivity index (χ1v) is 11.3. The van der Waals surface area contributed by atoms with Crippen molar-refractivity contribution in [2.45, 2.75) is 20.0 Å². The van der Waals surface area contributed by atoms with Crippen molar-refractivity contribution in [2.24, 2.45) is 0 Å². The van der Waals surface area contributed by atoms with Crippen molar-refractivity contribution >= 4 is 46.0 Å². The van der Waals surface area contributed by atoms with Gasteiger partial charge >= 0.3 is 5.97 Å². The molecule has 0 aliphatic carbocycles. The number of ether oxygens (including phenoxy) is 1. The van der Waals surface area contributed by atoms with Crippen LogP contribution in [0.4, 0.5) is 11.4 Å². The lowest BCUT2D eigenvalue weighted by Gasteiger charge is -2.14. The first kappa shape index (κ1) is 23.6. The molecule has 0 saturated heterocycles. The van der Waals surface area contributed by atoms with Gasteiger partial charge in [-0.25, -0.2) is 14.7 Å². The number of imide groups is 1. The first-order chi connectivity index (χ1) is 17.7. The van der Waals surface area contributed by atoms with E-state index in [9.17, 15) is 24.0 Å². The number of hydrogen-bond donors (Lipinski definition) is 2. The number of nitrogens with zero attached hydrogens (tertiary/aromatic N) is 2. The first-order valence-electron chi connectivity index (χ1n) is 11.3. The van der Waals surface area contributed by atoms with E-state index in [0.29, 0.717) is 22.3 Å². The quantitative estimate of drug-likeness (QED) is 0.318. The second-order valence-electron chi connectivity index (χ2n) is 8.45. The number of rotatable bonds is 5. The molecule has 1 atom stereocenters. The van der Waals surface area contributed by atoms with Gasteiger partial charge in [0, 0.05) is 12.6 Å². The molecule has 0 radical (unpaired) electrons. The molecule has 3 amide bonds. The smallest absolute Gasteiger partial charge is 0.338 e. The number of esters is 1. The monoisotopic (exact) mass is 496 g/mol. The maximum atomic E-state index is 13.1. The van der Waals surface area contributed by atoms with E-state index in [1.807, 2.05) is 0 Å². The highest BCUT2D eigenvalue weighted by Crippen LogP contribution is 2.30. The zero-order chi connectivity index (χ0) is 26.3. The summed E-state index contributed by atoms with van der Waals surface area (Å²) >= 11 is 0. The summed E-state index contributed by atoms with van der Waals surface area (Å²) in [6.45, 7) is 2.94. The van der Waals surface area contributed by atoms with Gasteiger partial charge in [0.1, 0.15) is 0 Å². The number of hydrogen-bond acceptors (Lipinski definition) is 7. The van der Waals surface area contributed by atoms with Crippen LogP contribution in [0.25, 0.3) is 10.9 Å². The zero-order valence-corrected chi connectivity index (χ0v) is 19.8. The Morgan fingerprint density at radius 3 is 2.38 bits per heavy atom. The summed E-state index contributed by atoms with van der Waals surface area (Å²) in [5.41, 5.74) is 1.25. The van der Waals surface area contributed by atoms with Crippen LogP contribution in [0.15, 0.2) is 71.5 Å². The van der Waals surface area contributed by atoms with E-state index in [1.165, 1.54) is 25.1 Å². The van der Waals surface area contributed by atoms with Crippen LogP contribution in [-0.2, 0) is 9.53 Å². The maximum absolute atomic E-state index is 13.1. The molecule has 5 rings (SSSR count). The molecule has 1 aliphatic rings. The van der Waals surface area contributed by atoms with Crippen molar-refractivity contribution in [2.75, 3.05) is 10.2 Å². The number of anilines is 2. The molecule has 37 heavy (non-hydrogen) atoms. The molecule has 0 unspecified atom stereocenters. The van der Waals surface area contributed by atoms with Crippen LogP contribution in [0, 0.1) is 0 Å². The van der Waals surface area contributed by atoms with Crippen molar-refractivity contribution in [1.29, 1.82) is 0 Å². The van der Waals surface area contributed by atoms with Gasteiger partial charge in [-0.3, -0.25) is 19.2 Å². The molecular weight excluding hydrogens is 476 g/mol. The number of aromatic nitrogens is 2. The average Bonchev–Trinajstić information content (AvgIpc) is 3.13. The van der Waals surface area contributed by atoms with E-state index in [2.05, 4.69) is 15.3 Å². The second-order valence-corrected chi connectivity index (χ2v) is 8.45. The van der Waals surface area contributed by atoms with Crippen molar-refractivity contribution in [1.82, 2.24) is 9.97 Å². The summed E-state index contributed by atoms with van der Waals surface area (Å²) in [4.78, 5) is 70.4. The summed E-state index contributed by atoms with van der Waals surface area (Å²) < 4.78 is 5.49. The molecule has 10 heteroatoms. The summed E-state index contributed by atoms with van der Waals surface area (Å²) in [5.74, 6) is -1.93. The third kappa shape index (κ3) is 4.36. The van der Waals surface area contributed by atoms with Crippen LogP contribution >= 0.6 is 0 Å². The number of benzene rings is 3. The van der Waals surface area contributed by atoms with Crippen LogP contribution in [0.1, 0.15) is 56.8 Å². The Kier molecular flexibility index (Phi) is 5.84. The van der Waals surface area contributed by atoms with E-state index in [4.69, 9.17) is 4.74 Å². The Hall–Kier alpha value is -5.12. The minimum absolute atomic E-state index is 0.0651. The van der Waals surface area contributed by atoms with Crippen LogP contribution < -0.4 is 15.8 Å². The molecule has 2 heterocycles. The lowest BCUT2D eigenvalue weighted by atomic mass is 10.1. The minimum atomic E-state index is -0.881. The van der Waals surface area contributed by atoms with Gasteiger partial charge in [0.05, 0.1) is 33.3 Å². The zero-order valence-electron chi connectivity index (χ0n) is 19.8. The molecule has 2 N–H and O–H groups in total. The van der Waals surface area contributed by atoms with Gasteiger partial charge in [-0.1, -0.05) is 12.1 Å². The Morgan fingerprint density at radius 2 is 1.65 bits per heavy atom. The van der Waals surface area contributed by atoms with Crippen molar-refractivity contribution in [3.63, 3.8) is 0 Å². The van der Waals surface area contributed by atoms with E-state index in [1.54, 1.807) is 55.5 Å². The summed E-state index contributed by atoms with van der Waals surface area (Å²) in [7, 11) is 0. The lowest BCUT2D eigenvalue weighted by molar-refractivity contribution is -0.114. The van der Waals surface area contributed by atoms with Gasteiger partial charge in [-0.05, 0) is 61.5 Å². The molecule has 0 spiro atoms.